The summed E-state index contributed by atoms with van der Waals surface area (Å²) in [6.45, 7) is 10.0. The van der Waals surface area contributed by atoms with E-state index >= 15 is 0 Å². The first-order chi connectivity index (χ1) is 8.78. The third kappa shape index (κ3) is 1.51. The van der Waals surface area contributed by atoms with Gasteiger partial charge in [0.1, 0.15) is 6.10 Å². The largest absolute Gasteiger partial charge is 0.454 e. The Morgan fingerprint density at radius 1 is 1.37 bits per heavy atom. The summed E-state index contributed by atoms with van der Waals surface area (Å²) < 4.78 is 5.59. The number of hydrogen-bond acceptors (Lipinski definition) is 3. The van der Waals surface area contributed by atoms with Crippen LogP contribution >= 0.6 is 0 Å². The maximum atomic E-state index is 11.8. The van der Waals surface area contributed by atoms with Crippen molar-refractivity contribution in [2.75, 3.05) is 0 Å². The van der Waals surface area contributed by atoms with E-state index in [0.29, 0.717) is 12.0 Å². The first-order valence-corrected chi connectivity index (χ1v) is 7.10. The van der Waals surface area contributed by atoms with Crippen LogP contribution in [0.2, 0.25) is 0 Å². The van der Waals surface area contributed by atoms with Crippen molar-refractivity contribution < 1.29 is 14.6 Å². The number of fused-ring (bicyclic) bond motifs is 3. The van der Waals surface area contributed by atoms with Crippen molar-refractivity contribution in [2.45, 2.75) is 58.2 Å². The van der Waals surface area contributed by atoms with Crippen LogP contribution in [-0.2, 0) is 9.53 Å². The molecule has 1 saturated heterocycles. The average molecular weight is 262 g/mol. The van der Waals surface area contributed by atoms with Crippen LogP contribution in [0.3, 0.4) is 0 Å². The van der Waals surface area contributed by atoms with Gasteiger partial charge in [-0.2, -0.15) is 0 Å². The minimum atomic E-state index is -0.739. The van der Waals surface area contributed by atoms with Crippen LogP contribution in [-0.4, -0.2) is 22.8 Å². The minimum Gasteiger partial charge on any atom is -0.454 e. The molecule has 3 heteroatoms. The molecule has 1 saturated carbocycles. The summed E-state index contributed by atoms with van der Waals surface area (Å²) in [4.78, 5) is 11.8. The van der Waals surface area contributed by atoms with E-state index in [1.54, 1.807) is 0 Å². The maximum absolute atomic E-state index is 11.8. The van der Waals surface area contributed by atoms with E-state index < -0.39 is 5.60 Å². The predicted molar refractivity (Wildman–Crippen MR) is 72.4 cm³/mol. The van der Waals surface area contributed by atoms with Crippen LogP contribution in [0, 0.1) is 11.3 Å². The molecule has 3 rings (SSSR count). The molecule has 0 aromatic carbocycles. The summed E-state index contributed by atoms with van der Waals surface area (Å²) >= 11 is 0. The van der Waals surface area contributed by atoms with Crippen molar-refractivity contribution in [3.05, 3.63) is 23.3 Å². The van der Waals surface area contributed by atoms with Crippen molar-refractivity contribution in [2.24, 2.45) is 11.3 Å². The Bertz CT molecular complexity index is 500. The average Bonchev–Trinajstić information content (AvgIpc) is 2.75. The van der Waals surface area contributed by atoms with Gasteiger partial charge in [0.2, 0.25) is 0 Å². The zero-order valence-electron chi connectivity index (χ0n) is 12.0. The highest BCUT2D eigenvalue weighted by molar-refractivity contribution is 5.91. The summed E-state index contributed by atoms with van der Waals surface area (Å²) in [5, 5.41) is 10.9. The quantitative estimate of drug-likeness (QED) is 0.415. The van der Waals surface area contributed by atoms with Gasteiger partial charge in [-0.3, -0.25) is 0 Å². The zero-order chi connectivity index (χ0) is 14.0. The zero-order valence-corrected chi connectivity index (χ0v) is 12.0. The highest BCUT2D eigenvalue weighted by Crippen LogP contribution is 2.58. The summed E-state index contributed by atoms with van der Waals surface area (Å²) in [5.74, 6) is -0.213. The maximum Gasteiger partial charge on any atom is 0.334 e. The second kappa shape index (κ2) is 3.72. The second-order valence-corrected chi connectivity index (χ2v) is 6.80. The third-order valence-corrected chi connectivity index (χ3v) is 5.78. The molecule has 3 nitrogen and oxygen atoms in total. The first kappa shape index (κ1) is 12.9. The number of carbonyl (C=O) groups is 1. The van der Waals surface area contributed by atoms with E-state index in [1.165, 1.54) is 5.57 Å². The molecule has 0 bridgehead atoms. The van der Waals surface area contributed by atoms with Crippen molar-refractivity contribution >= 4 is 5.97 Å². The number of hydrogen-bond donors (Lipinski definition) is 1. The number of esters is 1. The lowest BCUT2D eigenvalue weighted by atomic mass is 9.68. The molecule has 1 heterocycles. The molecule has 4 unspecified atom stereocenters. The van der Waals surface area contributed by atoms with E-state index in [4.69, 9.17) is 4.74 Å². The first-order valence-electron chi connectivity index (χ1n) is 7.10. The molecule has 0 radical (unpaired) electrons. The predicted octanol–water partition coefficient (Wildman–Crippen LogP) is 2.75. The molecule has 1 aliphatic heterocycles. The monoisotopic (exact) mass is 262 g/mol. The summed E-state index contributed by atoms with van der Waals surface area (Å²) in [5.41, 5.74) is 2.00. The molecular weight excluding hydrogens is 240 g/mol. The molecule has 3 aliphatic rings. The summed E-state index contributed by atoms with van der Waals surface area (Å²) in [6, 6.07) is 0. The smallest absolute Gasteiger partial charge is 0.334 e. The van der Waals surface area contributed by atoms with E-state index in [0.717, 1.165) is 24.8 Å². The fraction of sp³-hybridized carbons (Fsp3) is 0.688. The fourth-order valence-electron chi connectivity index (χ4n) is 4.20. The topological polar surface area (TPSA) is 46.5 Å². The minimum absolute atomic E-state index is 0.0452. The Hall–Kier alpha value is -1.09. The van der Waals surface area contributed by atoms with Gasteiger partial charge in [-0.1, -0.05) is 19.1 Å². The molecule has 104 valence electrons. The number of ether oxygens (including phenoxy) is 1. The van der Waals surface area contributed by atoms with Gasteiger partial charge in [-0.05, 0) is 45.1 Å². The van der Waals surface area contributed by atoms with Crippen LogP contribution in [0.25, 0.3) is 0 Å². The Labute approximate surface area is 114 Å². The van der Waals surface area contributed by atoms with Crippen LogP contribution < -0.4 is 0 Å². The summed E-state index contributed by atoms with van der Waals surface area (Å²) in [7, 11) is 0. The summed E-state index contributed by atoms with van der Waals surface area (Å²) in [6.07, 6.45) is 3.19. The van der Waals surface area contributed by atoms with Crippen LogP contribution in [0.1, 0.15) is 46.5 Å². The van der Waals surface area contributed by atoms with E-state index in [2.05, 4.69) is 20.4 Å². The Morgan fingerprint density at radius 2 is 2.05 bits per heavy atom. The standard InChI is InChI=1S/C16H22O3/c1-9-5-7-15(3)12(9)13-11(6-8-16(15,4)18)10(2)14(17)19-13/h11,13,18H,2,5-8H2,1,3-4H3. The van der Waals surface area contributed by atoms with Crippen LogP contribution in [0.15, 0.2) is 23.3 Å². The number of rotatable bonds is 0. The van der Waals surface area contributed by atoms with E-state index in [1.807, 2.05) is 6.92 Å². The molecule has 1 N–H and O–H groups in total. The lowest BCUT2D eigenvalue weighted by Crippen LogP contribution is -2.44. The molecular formula is C16H22O3. The Balaban J connectivity index is 2.14. The van der Waals surface area contributed by atoms with E-state index in [9.17, 15) is 9.90 Å². The molecule has 0 aromatic heterocycles. The van der Waals surface area contributed by atoms with Gasteiger partial charge in [-0.15, -0.1) is 0 Å². The van der Waals surface area contributed by atoms with Crippen molar-refractivity contribution in [1.82, 2.24) is 0 Å². The van der Waals surface area contributed by atoms with Crippen molar-refractivity contribution in [3.8, 4) is 0 Å². The van der Waals surface area contributed by atoms with E-state index in [-0.39, 0.29) is 23.4 Å². The van der Waals surface area contributed by atoms with Gasteiger partial charge in [0, 0.05) is 16.9 Å². The van der Waals surface area contributed by atoms with Gasteiger partial charge < -0.3 is 9.84 Å². The molecule has 4 atom stereocenters. The van der Waals surface area contributed by atoms with Gasteiger partial charge in [0.15, 0.2) is 0 Å². The Kier molecular flexibility index (Phi) is 2.53. The second-order valence-electron chi connectivity index (χ2n) is 6.80. The van der Waals surface area contributed by atoms with Gasteiger partial charge >= 0.3 is 5.97 Å². The number of allylic oxidation sites excluding steroid dienone is 1. The number of aliphatic hydroxyl groups is 1. The van der Waals surface area contributed by atoms with Gasteiger partial charge in [-0.25, -0.2) is 4.79 Å². The normalized spacial score (nSPS) is 45.9. The lowest BCUT2D eigenvalue weighted by Gasteiger charge is -2.42. The van der Waals surface area contributed by atoms with Crippen LogP contribution in [0.5, 0.6) is 0 Å². The van der Waals surface area contributed by atoms with Gasteiger partial charge in [0.05, 0.1) is 5.60 Å². The lowest BCUT2D eigenvalue weighted by molar-refractivity contribution is -0.138. The third-order valence-electron chi connectivity index (χ3n) is 5.78. The Morgan fingerprint density at radius 3 is 2.74 bits per heavy atom. The molecule has 0 aromatic rings. The van der Waals surface area contributed by atoms with Crippen molar-refractivity contribution in [1.29, 1.82) is 0 Å². The molecule has 0 amide bonds. The molecule has 0 spiro atoms. The molecule has 2 aliphatic carbocycles. The molecule has 2 fully saturated rings. The highest BCUT2D eigenvalue weighted by atomic mass is 16.6. The number of carbonyl (C=O) groups excluding carboxylic acids is 1. The SMILES string of the molecule is C=C1C(=O)OC2C3=C(C)CCC3(C)C(C)(O)CCC12. The fourth-order valence-corrected chi connectivity index (χ4v) is 4.20. The van der Waals surface area contributed by atoms with Gasteiger partial charge in [0.25, 0.3) is 0 Å². The van der Waals surface area contributed by atoms with Crippen LogP contribution in [0.4, 0.5) is 0 Å². The molecule has 19 heavy (non-hydrogen) atoms. The van der Waals surface area contributed by atoms with Crippen molar-refractivity contribution in [3.63, 3.8) is 0 Å². The highest BCUT2D eigenvalue weighted by Gasteiger charge is 2.57.